The van der Waals surface area contributed by atoms with Gasteiger partial charge in [0, 0.05) is 27.8 Å². The number of nitrogens with zero attached hydrogens (tertiary/aromatic N) is 1. The van der Waals surface area contributed by atoms with E-state index in [4.69, 9.17) is 0 Å². The van der Waals surface area contributed by atoms with E-state index >= 15 is 0 Å². The molecule has 0 saturated carbocycles. The lowest BCUT2D eigenvalue weighted by atomic mass is 10.2. The number of anilines is 1. The van der Waals surface area contributed by atoms with Crippen molar-refractivity contribution < 1.29 is 13.6 Å². The van der Waals surface area contributed by atoms with Gasteiger partial charge < -0.3 is 9.88 Å². The second-order valence-corrected chi connectivity index (χ2v) is 6.21. The number of nitrogens with one attached hydrogen (secondary N) is 1. The molecule has 1 aromatic carbocycles. The van der Waals surface area contributed by atoms with Crippen molar-refractivity contribution >= 4 is 43.5 Å². The Balaban J connectivity index is 2.30. The standard InChI is InChI=1S/C14H12Br2F2N2O/c1-2-3-20-7-8(15)4-12(20)14(21)19-13-10(16)5-9(17)6-11(13)18/h4-7H,2-3H2,1H3,(H,19,21). The molecular weight excluding hydrogens is 410 g/mol. The number of aryl methyl sites for hydroxylation is 1. The minimum atomic E-state index is -0.831. The molecule has 0 saturated heterocycles. The first-order valence-electron chi connectivity index (χ1n) is 6.24. The van der Waals surface area contributed by atoms with Crippen molar-refractivity contribution in [1.29, 1.82) is 0 Å². The minimum Gasteiger partial charge on any atom is -0.342 e. The lowest BCUT2D eigenvalue weighted by molar-refractivity contribution is 0.101. The molecule has 0 bridgehead atoms. The van der Waals surface area contributed by atoms with Gasteiger partial charge in [0.15, 0.2) is 5.82 Å². The summed E-state index contributed by atoms with van der Waals surface area (Å²) in [6.45, 7) is 2.66. The average Bonchev–Trinajstić information content (AvgIpc) is 2.75. The second-order valence-electron chi connectivity index (χ2n) is 4.44. The molecule has 1 amide bonds. The highest BCUT2D eigenvalue weighted by Crippen LogP contribution is 2.27. The monoisotopic (exact) mass is 420 g/mol. The van der Waals surface area contributed by atoms with Crippen molar-refractivity contribution in [2.75, 3.05) is 5.32 Å². The maximum Gasteiger partial charge on any atom is 0.272 e. The minimum absolute atomic E-state index is 0.0817. The number of rotatable bonds is 4. The molecule has 1 N–H and O–H groups in total. The highest BCUT2D eigenvalue weighted by atomic mass is 79.9. The summed E-state index contributed by atoms with van der Waals surface area (Å²) < 4.78 is 29.5. The molecule has 2 aromatic rings. The number of amides is 1. The van der Waals surface area contributed by atoms with Crippen LogP contribution in [-0.2, 0) is 6.54 Å². The summed E-state index contributed by atoms with van der Waals surface area (Å²) in [5, 5.41) is 2.46. The number of hydrogen-bond donors (Lipinski definition) is 1. The van der Waals surface area contributed by atoms with Crippen LogP contribution in [0.25, 0.3) is 0 Å². The Bertz CT molecular complexity index is 663. The third-order valence-corrected chi connectivity index (χ3v) is 3.86. The van der Waals surface area contributed by atoms with E-state index in [1.807, 2.05) is 6.92 Å². The molecule has 0 atom stereocenters. The van der Waals surface area contributed by atoms with Gasteiger partial charge in [0.05, 0.1) is 5.69 Å². The van der Waals surface area contributed by atoms with Crippen LogP contribution in [0.4, 0.5) is 14.5 Å². The Hall–Kier alpha value is -1.21. The molecule has 0 aliphatic carbocycles. The van der Waals surface area contributed by atoms with Crippen LogP contribution >= 0.6 is 31.9 Å². The second kappa shape index (κ2) is 6.70. The van der Waals surface area contributed by atoms with Crippen LogP contribution in [0.3, 0.4) is 0 Å². The Morgan fingerprint density at radius 2 is 2.00 bits per heavy atom. The Labute approximate surface area is 137 Å². The quantitative estimate of drug-likeness (QED) is 0.744. The SMILES string of the molecule is CCCn1cc(Br)cc1C(=O)Nc1c(F)cc(F)cc1Br. The molecule has 0 radical (unpaired) electrons. The average molecular weight is 422 g/mol. The first-order valence-corrected chi connectivity index (χ1v) is 7.82. The molecule has 0 aliphatic rings. The highest BCUT2D eigenvalue weighted by Gasteiger charge is 2.17. The molecule has 7 heteroatoms. The van der Waals surface area contributed by atoms with Gasteiger partial charge in [0.1, 0.15) is 11.5 Å². The molecule has 2 rings (SSSR count). The smallest absolute Gasteiger partial charge is 0.272 e. The van der Waals surface area contributed by atoms with Crippen LogP contribution in [-0.4, -0.2) is 10.5 Å². The lowest BCUT2D eigenvalue weighted by Crippen LogP contribution is -2.18. The van der Waals surface area contributed by atoms with Gasteiger partial charge >= 0.3 is 0 Å². The normalized spacial score (nSPS) is 10.7. The number of carbonyl (C=O) groups is 1. The molecule has 0 unspecified atom stereocenters. The molecule has 112 valence electrons. The van der Waals surface area contributed by atoms with Gasteiger partial charge in [-0.2, -0.15) is 0 Å². The van der Waals surface area contributed by atoms with Crippen LogP contribution < -0.4 is 5.32 Å². The van der Waals surface area contributed by atoms with E-state index < -0.39 is 17.5 Å². The zero-order valence-corrected chi connectivity index (χ0v) is 14.3. The zero-order chi connectivity index (χ0) is 15.6. The number of carbonyl (C=O) groups excluding carboxylic acids is 1. The Morgan fingerprint density at radius 3 is 2.62 bits per heavy atom. The van der Waals surface area contributed by atoms with Gasteiger partial charge in [-0.15, -0.1) is 0 Å². The number of aromatic nitrogens is 1. The number of halogens is 4. The molecule has 0 spiro atoms. The van der Waals surface area contributed by atoms with Crippen molar-refractivity contribution in [3.63, 3.8) is 0 Å². The third kappa shape index (κ3) is 3.71. The fourth-order valence-corrected chi connectivity index (χ4v) is 2.90. The van der Waals surface area contributed by atoms with E-state index in [9.17, 15) is 13.6 Å². The van der Waals surface area contributed by atoms with E-state index in [0.29, 0.717) is 12.2 Å². The largest absolute Gasteiger partial charge is 0.342 e. The van der Waals surface area contributed by atoms with Crippen molar-refractivity contribution in [2.45, 2.75) is 19.9 Å². The predicted molar refractivity (Wildman–Crippen MR) is 84.4 cm³/mol. The van der Waals surface area contributed by atoms with Crippen LogP contribution in [0.2, 0.25) is 0 Å². The summed E-state index contributed by atoms with van der Waals surface area (Å²) in [5.74, 6) is -2.00. The van der Waals surface area contributed by atoms with Crippen molar-refractivity contribution in [2.24, 2.45) is 0 Å². The molecule has 1 heterocycles. The summed E-state index contributed by atoms with van der Waals surface area (Å²) in [5.41, 5.74) is 0.320. The number of benzene rings is 1. The third-order valence-electron chi connectivity index (χ3n) is 2.81. The topological polar surface area (TPSA) is 34.0 Å². The Morgan fingerprint density at radius 1 is 1.29 bits per heavy atom. The van der Waals surface area contributed by atoms with Crippen LogP contribution in [0.5, 0.6) is 0 Å². The van der Waals surface area contributed by atoms with Gasteiger partial charge in [-0.3, -0.25) is 4.79 Å². The summed E-state index contributed by atoms with van der Waals surface area (Å²) in [6.07, 6.45) is 2.64. The van der Waals surface area contributed by atoms with E-state index in [1.165, 1.54) is 0 Å². The van der Waals surface area contributed by atoms with Gasteiger partial charge in [-0.25, -0.2) is 8.78 Å². The molecule has 1 aromatic heterocycles. The van der Waals surface area contributed by atoms with Crippen LogP contribution in [0.15, 0.2) is 33.3 Å². The highest BCUT2D eigenvalue weighted by molar-refractivity contribution is 9.10. The first-order chi connectivity index (χ1) is 9.92. The summed E-state index contributed by atoms with van der Waals surface area (Å²) in [7, 11) is 0. The number of hydrogen-bond acceptors (Lipinski definition) is 1. The van der Waals surface area contributed by atoms with Crippen LogP contribution in [0, 0.1) is 11.6 Å². The van der Waals surface area contributed by atoms with E-state index in [0.717, 1.165) is 23.0 Å². The fourth-order valence-electron chi connectivity index (χ4n) is 1.93. The van der Waals surface area contributed by atoms with Crippen molar-refractivity contribution in [3.05, 3.63) is 50.7 Å². The fraction of sp³-hybridized carbons (Fsp3) is 0.214. The van der Waals surface area contributed by atoms with Gasteiger partial charge in [-0.1, -0.05) is 6.92 Å². The van der Waals surface area contributed by atoms with Gasteiger partial charge in [0.25, 0.3) is 5.91 Å². The molecule has 0 aliphatic heterocycles. The first kappa shape index (κ1) is 16.2. The zero-order valence-electron chi connectivity index (χ0n) is 11.1. The summed E-state index contributed by atoms with van der Waals surface area (Å²) in [4.78, 5) is 12.3. The molecule has 21 heavy (non-hydrogen) atoms. The molecular formula is C14H12Br2F2N2O. The molecule has 0 fully saturated rings. The van der Waals surface area contributed by atoms with E-state index in [-0.39, 0.29) is 10.2 Å². The Kier molecular flexibility index (Phi) is 5.16. The summed E-state index contributed by atoms with van der Waals surface area (Å²) in [6, 6.07) is 3.47. The van der Waals surface area contributed by atoms with E-state index in [2.05, 4.69) is 37.2 Å². The van der Waals surface area contributed by atoms with Gasteiger partial charge in [0.2, 0.25) is 0 Å². The molecule has 3 nitrogen and oxygen atoms in total. The predicted octanol–water partition coefficient (Wildman–Crippen LogP) is 4.95. The summed E-state index contributed by atoms with van der Waals surface area (Å²) >= 11 is 6.35. The van der Waals surface area contributed by atoms with E-state index in [1.54, 1.807) is 16.8 Å². The maximum atomic E-state index is 13.7. The van der Waals surface area contributed by atoms with Crippen molar-refractivity contribution in [1.82, 2.24) is 4.57 Å². The lowest BCUT2D eigenvalue weighted by Gasteiger charge is -2.11. The maximum absolute atomic E-state index is 13.7. The van der Waals surface area contributed by atoms with Crippen molar-refractivity contribution in [3.8, 4) is 0 Å². The van der Waals surface area contributed by atoms with Crippen LogP contribution in [0.1, 0.15) is 23.8 Å². The van der Waals surface area contributed by atoms with Gasteiger partial charge in [-0.05, 0) is 50.4 Å².